The van der Waals surface area contributed by atoms with Crippen LogP contribution in [0.2, 0.25) is 0 Å². The van der Waals surface area contributed by atoms with Crippen LogP contribution in [0, 0.1) is 17.8 Å². The van der Waals surface area contributed by atoms with Crippen molar-refractivity contribution in [3.05, 3.63) is 0 Å². The molecule has 0 heterocycles. The molecule has 0 saturated heterocycles. The van der Waals surface area contributed by atoms with Crippen molar-refractivity contribution in [2.24, 2.45) is 17.8 Å². The van der Waals surface area contributed by atoms with Gasteiger partial charge in [0.05, 0.1) is 11.8 Å². The van der Waals surface area contributed by atoms with Gasteiger partial charge in [-0.15, -0.1) is 0 Å². The Morgan fingerprint density at radius 3 is 2.29 bits per heavy atom. The number of rotatable bonds is 5. The molecule has 2 fully saturated rings. The molecule has 2 unspecified atom stereocenters. The number of carboxylic acid groups (broad SMARTS) is 1. The summed E-state index contributed by atoms with van der Waals surface area (Å²) < 4.78 is 0. The summed E-state index contributed by atoms with van der Waals surface area (Å²) in [5.74, 6) is -0.827. The molecule has 4 nitrogen and oxygen atoms in total. The van der Waals surface area contributed by atoms with E-state index in [0.717, 1.165) is 31.6 Å². The van der Waals surface area contributed by atoms with E-state index in [9.17, 15) is 9.59 Å². The SMILES string of the molecule is O=C(O)C1CCCCC1C(=O)NCCC1CC1. The first kappa shape index (κ1) is 12.4. The Bertz CT molecular complexity index is 299. The number of hydrogen-bond acceptors (Lipinski definition) is 2. The summed E-state index contributed by atoms with van der Waals surface area (Å²) in [5.41, 5.74) is 0. The van der Waals surface area contributed by atoms with Crippen molar-refractivity contribution in [1.82, 2.24) is 5.32 Å². The zero-order valence-electron chi connectivity index (χ0n) is 10.2. The van der Waals surface area contributed by atoms with Crippen molar-refractivity contribution in [2.45, 2.75) is 44.9 Å². The van der Waals surface area contributed by atoms with Crippen LogP contribution in [0.3, 0.4) is 0 Å². The molecule has 2 aliphatic carbocycles. The topological polar surface area (TPSA) is 66.4 Å². The molecule has 2 N–H and O–H groups in total. The number of aliphatic carboxylic acids is 1. The van der Waals surface area contributed by atoms with E-state index >= 15 is 0 Å². The van der Waals surface area contributed by atoms with E-state index in [1.165, 1.54) is 12.8 Å². The number of hydrogen-bond donors (Lipinski definition) is 2. The third-order valence-electron chi connectivity index (χ3n) is 3.97. The molecule has 0 aromatic rings. The quantitative estimate of drug-likeness (QED) is 0.768. The summed E-state index contributed by atoms with van der Waals surface area (Å²) in [4.78, 5) is 23.0. The van der Waals surface area contributed by atoms with Gasteiger partial charge in [0.25, 0.3) is 0 Å². The standard InChI is InChI=1S/C13H21NO3/c15-12(14-8-7-9-5-6-9)10-3-1-2-4-11(10)13(16)17/h9-11H,1-8H2,(H,14,15)(H,16,17). The maximum Gasteiger partial charge on any atom is 0.307 e. The molecule has 0 bridgehead atoms. The first-order valence-corrected chi connectivity index (χ1v) is 6.69. The van der Waals surface area contributed by atoms with E-state index in [2.05, 4.69) is 5.32 Å². The van der Waals surface area contributed by atoms with Crippen LogP contribution < -0.4 is 5.32 Å². The van der Waals surface area contributed by atoms with E-state index in [-0.39, 0.29) is 11.8 Å². The maximum absolute atomic E-state index is 11.9. The number of nitrogens with one attached hydrogen (secondary N) is 1. The van der Waals surface area contributed by atoms with E-state index in [1.807, 2.05) is 0 Å². The first-order chi connectivity index (χ1) is 8.18. The lowest BCUT2D eigenvalue weighted by Gasteiger charge is -2.27. The normalized spacial score (nSPS) is 28.7. The van der Waals surface area contributed by atoms with Crippen LogP contribution in [-0.2, 0) is 9.59 Å². The fraction of sp³-hybridized carbons (Fsp3) is 0.846. The van der Waals surface area contributed by atoms with Gasteiger partial charge < -0.3 is 10.4 Å². The molecule has 0 aliphatic heterocycles. The van der Waals surface area contributed by atoms with Gasteiger partial charge in [0, 0.05) is 6.54 Å². The van der Waals surface area contributed by atoms with Gasteiger partial charge in [-0.3, -0.25) is 9.59 Å². The smallest absolute Gasteiger partial charge is 0.307 e. The van der Waals surface area contributed by atoms with Crippen molar-refractivity contribution < 1.29 is 14.7 Å². The van der Waals surface area contributed by atoms with Crippen LogP contribution in [0.1, 0.15) is 44.9 Å². The molecule has 96 valence electrons. The summed E-state index contributed by atoms with van der Waals surface area (Å²) in [6.07, 6.45) is 6.92. The Hall–Kier alpha value is -1.06. The van der Waals surface area contributed by atoms with Crippen LogP contribution >= 0.6 is 0 Å². The summed E-state index contributed by atoms with van der Waals surface area (Å²) >= 11 is 0. The van der Waals surface area contributed by atoms with Gasteiger partial charge >= 0.3 is 5.97 Å². The van der Waals surface area contributed by atoms with E-state index in [0.29, 0.717) is 13.0 Å². The number of carboxylic acids is 1. The minimum Gasteiger partial charge on any atom is -0.481 e. The Balaban J connectivity index is 1.79. The van der Waals surface area contributed by atoms with Gasteiger partial charge in [-0.2, -0.15) is 0 Å². The Kier molecular flexibility index (Phi) is 4.02. The second-order valence-corrected chi connectivity index (χ2v) is 5.36. The van der Waals surface area contributed by atoms with E-state index in [4.69, 9.17) is 5.11 Å². The fourth-order valence-corrected chi connectivity index (χ4v) is 2.68. The van der Waals surface area contributed by atoms with Crippen LogP contribution in [0.25, 0.3) is 0 Å². The highest BCUT2D eigenvalue weighted by atomic mass is 16.4. The Labute approximate surface area is 102 Å². The summed E-state index contributed by atoms with van der Waals surface area (Å²) in [6, 6.07) is 0. The highest BCUT2D eigenvalue weighted by molar-refractivity contribution is 5.84. The van der Waals surface area contributed by atoms with Crippen LogP contribution in [0.4, 0.5) is 0 Å². The second-order valence-electron chi connectivity index (χ2n) is 5.36. The molecule has 2 rings (SSSR count). The van der Waals surface area contributed by atoms with Crippen molar-refractivity contribution in [3.63, 3.8) is 0 Å². The average molecular weight is 239 g/mol. The zero-order chi connectivity index (χ0) is 12.3. The largest absolute Gasteiger partial charge is 0.481 e. The van der Waals surface area contributed by atoms with Gasteiger partial charge in [0.1, 0.15) is 0 Å². The van der Waals surface area contributed by atoms with Crippen LogP contribution in [0.15, 0.2) is 0 Å². The average Bonchev–Trinajstić information content (AvgIpc) is 3.13. The molecule has 1 amide bonds. The molecular formula is C13H21NO3. The van der Waals surface area contributed by atoms with Crippen molar-refractivity contribution in [3.8, 4) is 0 Å². The summed E-state index contributed by atoms with van der Waals surface area (Å²) in [6.45, 7) is 0.715. The molecule has 0 aromatic carbocycles. The second kappa shape index (κ2) is 5.52. The van der Waals surface area contributed by atoms with Gasteiger partial charge in [-0.1, -0.05) is 25.7 Å². The van der Waals surface area contributed by atoms with E-state index in [1.54, 1.807) is 0 Å². The highest BCUT2D eigenvalue weighted by Gasteiger charge is 2.35. The van der Waals surface area contributed by atoms with Crippen molar-refractivity contribution in [2.75, 3.05) is 6.54 Å². The summed E-state index contributed by atoms with van der Waals surface area (Å²) in [5, 5.41) is 12.0. The Morgan fingerprint density at radius 1 is 1.06 bits per heavy atom. The summed E-state index contributed by atoms with van der Waals surface area (Å²) in [7, 11) is 0. The predicted molar refractivity (Wildman–Crippen MR) is 63.4 cm³/mol. The molecule has 0 spiro atoms. The molecule has 17 heavy (non-hydrogen) atoms. The van der Waals surface area contributed by atoms with Crippen LogP contribution in [-0.4, -0.2) is 23.5 Å². The maximum atomic E-state index is 11.9. The molecule has 2 atom stereocenters. The molecular weight excluding hydrogens is 218 g/mol. The Morgan fingerprint density at radius 2 is 1.71 bits per heavy atom. The lowest BCUT2D eigenvalue weighted by atomic mass is 9.78. The fourth-order valence-electron chi connectivity index (χ4n) is 2.68. The van der Waals surface area contributed by atoms with Gasteiger partial charge in [0.2, 0.25) is 5.91 Å². The minimum atomic E-state index is -0.813. The van der Waals surface area contributed by atoms with Gasteiger partial charge in [-0.05, 0) is 25.2 Å². The number of amides is 1. The lowest BCUT2D eigenvalue weighted by Crippen LogP contribution is -2.40. The zero-order valence-corrected chi connectivity index (χ0v) is 10.2. The minimum absolute atomic E-state index is 0.0437. The predicted octanol–water partition coefficient (Wildman–Crippen LogP) is 1.79. The van der Waals surface area contributed by atoms with Crippen molar-refractivity contribution >= 4 is 11.9 Å². The number of carbonyl (C=O) groups excluding carboxylic acids is 1. The molecule has 0 radical (unpaired) electrons. The third-order valence-corrected chi connectivity index (χ3v) is 3.97. The third kappa shape index (κ3) is 3.45. The van der Waals surface area contributed by atoms with Crippen LogP contribution in [0.5, 0.6) is 0 Å². The molecule has 2 aliphatic rings. The van der Waals surface area contributed by atoms with Crippen molar-refractivity contribution in [1.29, 1.82) is 0 Å². The lowest BCUT2D eigenvalue weighted by molar-refractivity contribution is -0.148. The highest BCUT2D eigenvalue weighted by Crippen LogP contribution is 2.32. The van der Waals surface area contributed by atoms with Gasteiger partial charge in [-0.25, -0.2) is 0 Å². The monoisotopic (exact) mass is 239 g/mol. The molecule has 2 saturated carbocycles. The van der Waals surface area contributed by atoms with Gasteiger partial charge in [0.15, 0.2) is 0 Å². The first-order valence-electron chi connectivity index (χ1n) is 6.69. The molecule has 4 heteroatoms. The number of carbonyl (C=O) groups is 2. The molecule has 0 aromatic heterocycles. The van der Waals surface area contributed by atoms with E-state index < -0.39 is 11.9 Å².